The molecule has 0 aromatic rings. The van der Waals surface area contributed by atoms with E-state index in [0.717, 1.165) is 38.6 Å². The Balaban J connectivity index is 2.50. The van der Waals surface area contributed by atoms with Crippen LogP contribution in [0.2, 0.25) is 0 Å². The summed E-state index contributed by atoms with van der Waals surface area (Å²) in [5, 5.41) is 12.1. The van der Waals surface area contributed by atoms with Gasteiger partial charge in [-0.05, 0) is 52.0 Å². The molecule has 19 heavy (non-hydrogen) atoms. The lowest BCUT2D eigenvalue weighted by Crippen LogP contribution is -2.49. The van der Waals surface area contributed by atoms with Crippen LogP contribution in [-0.2, 0) is 4.79 Å². The second-order valence-corrected chi connectivity index (χ2v) is 5.60. The Hall–Kier alpha value is -0.610. The molecule has 1 amide bonds. The highest BCUT2D eigenvalue weighted by Gasteiger charge is 2.31. The maximum absolute atomic E-state index is 12.3. The van der Waals surface area contributed by atoms with Gasteiger partial charge in [0, 0.05) is 18.7 Å². The van der Waals surface area contributed by atoms with Crippen LogP contribution in [0.1, 0.15) is 59.3 Å². The average Bonchev–Trinajstić information content (AvgIpc) is 2.89. The van der Waals surface area contributed by atoms with E-state index in [-0.39, 0.29) is 18.6 Å². The van der Waals surface area contributed by atoms with Crippen LogP contribution in [0, 0.1) is 0 Å². The number of hydrogen-bond acceptors (Lipinski definition) is 3. The number of hydrogen-bond donors (Lipinski definition) is 2. The third kappa shape index (κ3) is 4.77. The average molecular weight is 270 g/mol. The van der Waals surface area contributed by atoms with Crippen molar-refractivity contribution >= 4 is 5.91 Å². The molecule has 1 aliphatic heterocycles. The molecule has 4 heteroatoms. The van der Waals surface area contributed by atoms with Crippen LogP contribution in [0.15, 0.2) is 0 Å². The Morgan fingerprint density at radius 1 is 1.42 bits per heavy atom. The fraction of sp³-hybridized carbons (Fsp3) is 0.933. The second kappa shape index (κ2) is 8.54. The molecule has 0 spiro atoms. The fourth-order valence-corrected chi connectivity index (χ4v) is 2.97. The van der Waals surface area contributed by atoms with E-state index in [1.165, 1.54) is 6.42 Å². The zero-order valence-corrected chi connectivity index (χ0v) is 12.7. The number of aliphatic hydroxyl groups is 1. The minimum Gasteiger partial charge on any atom is -0.396 e. The monoisotopic (exact) mass is 270 g/mol. The molecule has 2 unspecified atom stereocenters. The van der Waals surface area contributed by atoms with Crippen molar-refractivity contribution in [2.75, 3.05) is 13.2 Å². The summed E-state index contributed by atoms with van der Waals surface area (Å²) in [7, 11) is 0. The summed E-state index contributed by atoms with van der Waals surface area (Å²) in [6, 6.07) is 0.717. The lowest BCUT2D eigenvalue weighted by molar-refractivity contribution is -0.127. The van der Waals surface area contributed by atoms with Crippen molar-refractivity contribution in [3.8, 4) is 0 Å². The summed E-state index contributed by atoms with van der Waals surface area (Å²) in [5.41, 5.74) is 0. The summed E-state index contributed by atoms with van der Waals surface area (Å²) in [6.45, 7) is 7.49. The highest BCUT2D eigenvalue weighted by Crippen LogP contribution is 2.23. The predicted octanol–water partition coefficient (Wildman–Crippen LogP) is 1.92. The normalized spacial score (nSPS) is 21.8. The maximum Gasteiger partial charge on any atom is 0.237 e. The number of aliphatic hydroxyl groups excluding tert-OH is 1. The van der Waals surface area contributed by atoms with Crippen molar-refractivity contribution < 1.29 is 9.90 Å². The largest absolute Gasteiger partial charge is 0.396 e. The van der Waals surface area contributed by atoms with Gasteiger partial charge in [0.05, 0.1) is 6.04 Å². The quantitative estimate of drug-likeness (QED) is 0.708. The molecule has 1 fully saturated rings. The van der Waals surface area contributed by atoms with Crippen LogP contribution >= 0.6 is 0 Å². The number of amides is 1. The summed E-state index contributed by atoms with van der Waals surface area (Å²) in [4.78, 5) is 14.6. The molecular weight excluding hydrogens is 240 g/mol. The van der Waals surface area contributed by atoms with Crippen LogP contribution in [0.4, 0.5) is 0 Å². The summed E-state index contributed by atoms with van der Waals surface area (Å²) in [6.07, 6.45) is 6.13. The van der Waals surface area contributed by atoms with E-state index in [1.807, 2.05) is 6.92 Å². The summed E-state index contributed by atoms with van der Waals surface area (Å²) in [5.74, 6) is 0.157. The molecule has 0 radical (unpaired) electrons. The minimum absolute atomic E-state index is 0.0493. The standard InChI is InChI=1S/C15H30N2O2/c1-4-13(5-2)16-15(19)12(3)17-10-6-8-14(17)9-7-11-18/h12-14,18H,4-11H2,1-3H3,(H,16,19). The lowest BCUT2D eigenvalue weighted by atomic mass is 10.1. The highest BCUT2D eigenvalue weighted by atomic mass is 16.3. The van der Waals surface area contributed by atoms with Crippen molar-refractivity contribution in [2.45, 2.75) is 77.4 Å². The summed E-state index contributed by atoms with van der Waals surface area (Å²) < 4.78 is 0. The Morgan fingerprint density at radius 3 is 2.68 bits per heavy atom. The van der Waals surface area contributed by atoms with E-state index in [2.05, 4.69) is 24.1 Å². The SMILES string of the molecule is CCC(CC)NC(=O)C(C)N1CCCC1CCCO. The van der Waals surface area contributed by atoms with Crippen LogP contribution in [0.5, 0.6) is 0 Å². The Bertz CT molecular complexity index is 267. The molecule has 1 saturated heterocycles. The van der Waals surface area contributed by atoms with Crippen molar-refractivity contribution in [1.29, 1.82) is 0 Å². The van der Waals surface area contributed by atoms with E-state index in [1.54, 1.807) is 0 Å². The van der Waals surface area contributed by atoms with Gasteiger partial charge >= 0.3 is 0 Å². The van der Waals surface area contributed by atoms with Crippen LogP contribution < -0.4 is 5.32 Å². The number of carbonyl (C=O) groups excluding carboxylic acids is 1. The van der Waals surface area contributed by atoms with Crippen molar-refractivity contribution in [1.82, 2.24) is 10.2 Å². The van der Waals surface area contributed by atoms with Gasteiger partial charge in [-0.2, -0.15) is 0 Å². The molecule has 0 bridgehead atoms. The van der Waals surface area contributed by atoms with Crippen molar-refractivity contribution in [3.63, 3.8) is 0 Å². The van der Waals surface area contributed by atoms with Gasteiger partial charge in [0.1, 0.15) is 0 Å². The number of likely N-dealkylation sites (tertiary alicyclic amines) is 1. The highest BCUT2D eigenvalue weighted by molar-refractivity contribution is 5.81. The van der Waals surface area contributed by atoms with E-state index in [4.69, 9.17) is 5.11 Å². The molecule has 2 N–H and O–H groups in total. The van der Waals surface area contributed by atoms with Gasteiger partial charge in [-0.1, -0.05) is 13.8 Å². The number of nitrogens with zero attached hydrogens (tertiary/aromatic N) is 1. The first-order valence-electron chi connectivity index (χ1n) is 7.80. The molecule has 1 rings (SSSR count). The van der Waals surface area contributed by atoms with E-state index >= 15 is 0 Å². The maximum atomic E-state index is 12.3. The smallest absolute Gasteiger partial charge is 0.237 e. The zero-order chi connectivity index (χ0) is 14.3. The molecule has 1 heterocycles. The Labute approximate surface area is 117 Å². The zero-order valence-electron chi connectivity index (χ0n) is 12.7. The van der Waals surface area contributed by atoms with Gasteiger partial charge in [0.25, 0.3) is 0 Å². The van der Waals surface area contributed by atoms with Gasteiger partial charge in [0.15, 0.2) is 0 Å². The Kier molecular flexibility index (Phi) is 7.39. The molecule has 0 saturated carbocycles. The Morgan fingerprint density at radius 2 is 2.11 bits per heavy atom. The van der Waals surface area contributed by atoms with Crippen molar-refractivity contribution in [2.24, 2.45) is 0 Å². The molecule has 4 nitrogen and oxygen atoms in total. The van der Waals surface area contributed by atoms with E-state index < -0.39 is 0 Å². The minimum atomic E-state index is -0.0493. The van der Waals surface area contributed by atoms with E-state index in [9.17, 15) is 4.79 Å². The fourth-order valence-electron chi connectivity index (χ4n) is 2.97. The summed E-state index contributed by atoms with van der Waals surface area (Å²) >= 11 is 0. The van der Waals surface area contributed by atoms with Gasteiger partial charge in [-0.25, -0.2) is 0 Å². The van der Waals surface area contributed by atoms with Crippen LogP contribution in [0.3, 0.4) is 0 Å². The molecular formula is C15H30N2O2. The van der Waals surface area contributed by atoms with E-state index in [0.29, 0.717) is 12.1 Å². The third-order valence-electron chi connectivity index (χ3n) is 4.33. The second-order valence-electron chi connectivity index (χ2n) is 5.60. The third-order valence-corrected chi connectivity index (χ3v) is 4.33. The number of rotatable bonds is 8. The first kappa shape index (κ1) is 16.4. The molecule has 2 atom stereocenters. The molecule has 1 aliphatic rings. The molecule has 112 valence electrons. The molecule has 0 aromatic carbocycles. The van der Waals surface area contributed by atoms with Crippen LogP contribution in [-0.4, -0.2) is 47.2 Å². The topological polar surface area (TPSA) is 52.6 Å². The molecule has 0 aliphatic carbocycles. The van der Waals surface area contributed by atoms with Crippen molar-refractivity contribution in [3.05, 3.63) is 0 Å². The lowest BCUT2D eigenvalue weighted by Gasteiger charge is -2.31. The number of nitrogens with one attached hydrogen (secondary N) is 1. The first-order valence-corrected chi connectivity index (χ1v) is 7.80. The van der Waals surface area contributed by atoms with Gasteiger partial charge in [-0.3, -0.25) is 9.69 Å². The van der Waals surface area contributed by atoms with Crippen LogP contribution in [0.25, 0.3) is 0 Å². The predicted molar refractivity (Wildman–Crippen MR) is 78.0 cm³/mol. The number of carbonyl (C=O) groups is 1. The van der Waals surface area contributed by atoms with Gasteiger partial charge < -0.3 is 10.4 Å². The van der Waals surface area contributed by atoms with Gasteiger partial charge in [0.2, 0.25) is 5.91 Å². The van der Waals surface area contributed by atoms with Gasteiger partial charge in [-0.15, -0.1) is 0 Å². The molecule has 0 aromatic heterocycles. The first-order chi connectivity index (χ1) is 9.13.